The highest BCUT2D eigenvalue weighted by molar-refractivity contribution is 5.97. The number of hydroxylamine groups is 2. The number of esters is 1. The van der Waals surface area contributed by atoms with Crippen LogP contribution >= 0.6 is 0 Å². The van der Waals surface area contributed by atoms with E-state index >= 15 is 0 Å². The number of carbonyl (C=O) groups is 4. The normalized spacial score (nSPS) is 14.7. The predicted octanol–water partition coefficient (Wildman–Crippen LogP) is 4.81. The number of hydrogen-bond acceptors (Lipinski definition) is 11. The molecule has 0 saturated carbocycles. The van der Waals surface area contributed by atoms with Gasteiger partial charge in [-0.15, -0.1) is 5.06 Å². The molecule has 13 nitrogen and oxygen atoms in total. The van der Waals surface area contributed by atoms with Crippen molar-refractivity contribution in [1.82, 2.24) is 25.2 Å². The zero-order valence-corrected chi connectivity index (χ0v) is 28.8. The molecule has 1 saturated heterocycles. The standard InChI is InChI=1S/C36H46N6O7/c1-6-47-35(46)49-42-21-19-41(20-22-42)34(45)28(17-18-31(43)48-36(3,4)5)39-33(44)29-23-30(37-24-25(2)26-13-9-7-10-14-26)40-32(38-29)27-15-11-8-12-16-27/h7-16,23,25,28H,6,17-22,24H2,1-5H3,(H,39,44)(H,37,38,40)/t25?,28-/m0/s1. The number of rotatable bonds is 13. The molecular formula is C36H46N6O7. The average Bonchev–Trinajstić information content (AvgIpc) is 3.09. The fraction of sp³-hybridized carbons (Fsp3) is 0.444. The van der Waals surface area contributed by atoms with E-state index in [-0.39, 0.29) is 63.1 Å². The second kappa shape index (κ2) is 17.4. The Labute approximate surface area is 287 Å². The van der Waals surface area contributed by atoms with Crippen LogP contribution in [0.15, 0.2) is 66.7 Å². The summed E-state index contributed by atoms with van der Waals surface area (Å²) in [6.45, 7) is 10.8. The van der Waals surface area contributed by atoms with Crippen LogP contribution in [0.1, 0.15) is 69.4 Å². The van der Waals surface area contributed by atoms with Gasteiger partial charge in [0, 0.05) is 37.7 Å². The maximum Gasteiger partial charge on any atom is 0.527 e. The fourth-order valence-electron chi connectivity index (χ4n) is 5.14. The van der Waals surface area contributed by atoms with Gasteiger partial charge in [-0.25, -0.2) is 14.8 Å². The minimum Gasteiger partial charge on any atom is -0.460 e. The van der Waals surface area contributed by atoms with E-state index in [1.807, 2.05) is 48.5 Å². The Morgan fingerprint density at radius 1 is 0.918 bits per heavy atom. The van der Waals surface area contributed by atoms with Crippen molar-refractivity contribution in [2.75, 3.05) is 44.6 Å². The van der Waals surface area contributed by atoms with Gasteiger partial charge in [-0.2, -0.15) is 0 Å². The van der Waals surface area contributed by atoms with E-state index < -0.39 is 29.7 Å². The molecule has 1 unspecified atom stereocenters. The molecule has 2 N–H and O–H groups in total. The molecule has 3 aromatic rings. The molecule has 1 aromatic heterocycles. The van der Waals surface area contributed by atoms with Crippen LogP contribution in [0.3, 0.4) is 0 Å². The number of ether oxygens (including phenoxy) is 2. The van der Waals surface area contributed by atoms with Crippen LogP contribution < -0.4 is 10.6 Å². The summed E-state index contributed by atoms with van der Waals surface area (Å²) >= 11 is 0. The van der Waals surface area contributed by atoms with Crippen LogP contribution in [-0.4, -0.2) is 94.8 Å². The average molecular weight is 675 g/mol. The minimum atomic E-state index is -1.05. The smallest absolute Gasteiger partial charge is 0.460 e. The van der Waals surface area contributed by atoms with Crippen molar-refractivity contribution in [2.24, 2.45) is 0 Å². The van der Waals surface area contributed by atoms with E-state index in [1.165, 1.54) is 5.06 Å². The highest BCUT2D eigenvalue weighted by Gasteiger charge is 2.31. The highest BCUT2D eigenvalue weighted by atomic mass is 16.8. The van der Waals surface area contributed by atoms with Crippen LogP contribution in [-0.2, 0) is 23.9 Å². The van der Waals surface area contributed by atoms with E-state index in [9.17, 15) is 19.2 Å². The molecule has 0 radical (unpaired) electrons. The number of amides is 2. The van der Waals surface area contributed by atoms with Crippen LogP contribution in [0.2, 0.25) is 0 Å². The minimum absolute atomic E-state index is 0.00928. The molecule has 0 bridgehead atoms. The van der Waals surface area contributed by atoms with Crippen LogP contribution in [0.25, 0.3) is 11.4 Å². The van der Waals surface area contributed by atoms with Gasteiger partial charge in [0.25, 0.3) is 5.91 Å². The maximum atomic E-state index is 13.9. The number of carbonyl (C=O) groups excluding carboxylic acids is 4. The number of nitrogens with one attached hydrogen (secondary N) is 2. The monoisotopic (exact) mass is 674 g/mol. The van der Waals surface area contributed by atoms with Crippen molar-refractivity contribution in [3.8, 4) is 11.4 Å². The number of piperazine rings is 1. The van der Waals surface area contributed by atoms with Crippen LogP contribution in [0.5, 0.6) is 0 Å². The molecule has 0 aliphatic carbocycles. The van der Waals surface area contributed by atoms with Gasteiger partial charge < -0.3 is 29.8 Å². The molecule has 2 aromatic carbocycles. The number of nitrogens with zero attached hydrogens (tertiary/aromatic N) is 4. The van der Waals surface area contributed by atoms with Gasteiger partial charge in [-0.05, 0) is 45.6 Å². The fourth-order valence-corrected chi connectivity index (χ4v) is 5.14. The molecule has 262 valence electrons. The zero-order valence-electron chi connectivity index (χ0n) is 28.8. The first-order valence-corrected chi connectivity index (χ1v) is 16.6. The number of hydrogen-bond donors (Lipinski definition) is 2. The van der Waals surface area contributed by atoms with Crippen molar-refractivity contribution in [2.45, 2.75) is 65.0 Å². The molecule has 49 heavy (non-hydrogen) atoms. The van der Waals surface area contributed by atoms with E-state index in [0.29, 0.717) is 18.2 Å². The van der Waals surface area contributed by atoms with Gasteiger partial charge in [-0.3, -0.25) is 14.4 Å². The molecule has 0 spiro atoms. The Morgan fingerprint density at radius 2 is 1.57 bits per heavy atom. The maximum absolute atomic E-state index is 13.9. The van der Waals surface area contributed by atoms with E-state index in [4.69, 9.17) is 14.3 Å². The summed E-state index contributed by atoms with van der Waals surface area (Å²) in [4.78, 5) is 68.0. The van der Waals surface area contributed by atoms with Gasteiger partial charge in [-0.1, -0.05) is 67.6 Å². The molecule has 1 aliphatic rings. The lowest BCUT2D eigenvalue weighted by atomic mass is 10.0. The largest absolute Gasteiger partial charge is 0.527 e. The van der Waals surface area contributed by atoms with Gasteiger partial charge in [0.2, 0.25) is 5.91 Å². The Morgan fingerprint density at radius 3 is 2.20 bits per heavy atom. The molecule has 1 fully saturated rings. The number of benzene rings is 2. The Kier molecular flexibility index (Phi) is 13.1. The van der Waals surface area contributed by atoms with Crippen LogP contribution in [0, 0.1) is 0 Å². The summed E-state index contributed by atoms with van der Waals surface area (Å²) in [5.74, 6) is -0.495. The number of aromatic nitrogens is 2. The molecule has 13 heteroatoms. The molecule has 2 atom stereocenters. The lowest BCUT2D eigenvalue weighted by Crippen LogP contribution is -2.55. The Balaban J connectivity index is 1.53. The highest BCUT2D eigenvalue weighted by Crippen LogP contribution is 2.21. The van der Waals surface area contributed by atoms with Crippen molar-refractivity contribution in [1.29, 1.82) is 0 Å². The van der Waals surface area contributed by atoms with Crippen molar-refractivity contribution < 1.29 is 33.5 Å². The molecule has 1 aliphatic heterocycles. The topological polar surface area (TPSA) is 152 Å². The third kappa shape index (κ3) is 11.6. The Hall–Kier alpha value is -5.04. The first-order chi connectivity index (χ1) is 23.4. The summed E-state index contributed by atoms with van der Waals surface area (Å²) < 4.78 is 10.3. The summed E-state index contributed by atoms with van der Waals surface area (Å²) in [5.41, 5.74) is 1.24. The lowest BCUT2D eigenvalue weighted by Gasteiger charge is -2.35. The molecule has 4 rings (SSSR count). The van der Waals surface area contributed by atoms with Gasteiger partial charge in [0.15, 0.2) is 5.82 Å². The second-order valence-electron chi connectivity index (χ2n) is 12.7. The Bertz CT molecular complexity index is 1560. The first kappa shape index (κ1) is 36.8. The summed E-state index contributed by atoms with van der Waals surface area (Å²) in [6.07, 6.45) is -0.897. The first-order valence-electron chi connectivity index (χ1n) is 16.6. The van der Waals surface area contributed by atoms with Gasteiger partial charge in [0.1, 0.15) is 23.2 Å². The van der Waals surface area contributed by atoms with Gasteiger partial charge >= 0.3 is 12.1 Å². The molecule has 2 heterocycles. The quantitative estimate of drug-likeness (QED) is 0.240. The summed E-state index contributed by atoms with van der Waals surface area (Å²) in [7, 11) is 0. The van der Waals surface area contributed by atoms with E-state index in [2.05, 4.69) is 39.7 Å². The predicted molar refractivity (Wildman–Crippen MR) is 183 cm³/mol. The number of anilines is 1. The zero-order chi connectivity index (χ0) is 35.4. The van der Waals surface area contributed by atoms with Crippen molar-refractivity contribution in [3.63, 3.8) is 0 Å². The van der Waals surface area contributed by atoms with Crippen molar-refractivity contribution in [3.05, 3.63) is 78.0 Å². The summed E-state index contributed by atoms with van der Waals surface area (Å²) in [6, 6.07) is 19.9. The lowest BCUT2D eigenvalue weighted by molar-refractivity contribution is -0.158. The van der Waals surface area contributed by atoms with E-state index in [1.54, 1.807) is 38.7 Å². The summed E-state index contributed by atoms with van der Waals surface area (Å²) in [5, 5.41) is 7.60. The second-order valence-corrected chi connectivity index (χ2v) is 12.7. The van der Waals surface area contributed by atoms with E-state index in [0.717, 1.165) is 11.1 Å². The molecular weight excluding hydrogens is 628 g/mol. The van der Waals surface area contributed by atoms with Crippen molar-refractivity contribution >= 4 is 29.8 Å². The third-order valence-corrected chi connectivity index (χ3v) is 7.63. The molecule has 2 amide bonds. The van der Waals surface area contributed by atoms with Gasteiger partial charge in [0.05, 0.1) is 19.7 Å². The SMILES string of the molecule is CCOC(=O)ON1CCN(C(=O)[C@H](CCC(=O)OC(C)(C)C)NC(=O)c2cc(NCC(C)c3ccccc3)nc(-c3ccccc3)n2)CC1. The van der Waals surface area contributed by atoms with Crippen LogP contribution in [0.4, 0.5) is 10.6 Å². The third-order valence-electron chi connectivity index (χ3n) is 7.63.